The van der Waals surface area contributed by atoms with Crippen LogP contribution in [-0.2, 0) is 4.74 Å². The molecule has 26 heavy (non-hydrogen) atoms. The summed E-state index contributed by atoms with van der Waals surface area (Å²) in [5.74, 6) is -0.756. The van der Waals surface area contributed by atoms with Crippen LogP contribution in [-0.4, -0.2) is 28.8 Å². The molecule has 5 N–H and O–H groups in total. The van der Waals surface area contributed by atoms with Crippen LogP contribution >= 0.6 is 0 Å². The Morgan fingerprint density at radius 2 is 2.04 bits per heavy atom. The molecule has 1 aliphatic rings. The molecule has 0 spiro atoms. The maximum absolute atomic E-state index is 13.2. The van der Waals surface area contributed by atoms with Crippen LogP contribution < -0.4 is 17.0 Å². The highest BCUT2D eigenvalue weighted by atomic mass is 16.5. The fourth-order valence-electron chi connectivity index (χ4n) is 3.19. The summed E-state index contributed by atoms with van der Waals surface area (Å²) in [5, 5.41) is 10.1. The summed E-state index contributed by atoms with van der Waals surface area (Å²) in [6.07, 6.45) is 2.59. The van der Waals surface area contributed by atoms with Crippen molar-refractivity contribution in [2.45, 2.75) is 20.3 Å². The molecule has 1 aromatic heterocycles. The molecule has 0 saturated carbocycles. The van der Waals surface area contributed by atoms with Crippen molar-refractivity contribution in [2.75, 3.05) is 18.9 Å². The maximum atomic E-state index is 13.2. The molecule has 1 amide bonds. The standard InChI is InChI=1S/C19H21N3O4/c1-10-5-6-15(23)11(2)16(10)22-17(20)14(18(21)24)8-13(19(22)25)12-4-3-7-26-9-12/h4-6,8,23H,3,7,9,20H2,1-2H3,(H2,21,24). The van der Waals surface area contributed by atoms with Crippen molar-refractivity contribution in [3.8, 4) is 11.4 Å². The predicted octanol–water partition coefficient (Wildman–Crippen LogP) is 1.64. The van der Waals surface area contributed by atoms with Crippen LogP contribution in [0.5, 0.6) is 5.75 Å². The molecular formula is C19H21N3O4. The second-order valence-electron chi connectivity index (χ2n) is 6.31. The minimum atomic E-state index is -0.731. The van der Waals surface area contributed by atoms with E-state index in [1.165, 1.54) is 10.6 Å². The SMILES string of the molecule is Cc1ccc(O)c(C)c1-n1c(N)c(C(N)=O)cc(C2=CCCOC2)c1=O. The van der Waals surface area contributed by atoms with E-state index in [4.69, 9.17) is 16.2 Å². The molecule has 136 valence electrons. The third-order valence-electron chi connectivity index (χ3n) is 4.59. The van der Waals surface area contributed by atoms with E-state index in [2.05, 4.69) is 0 Å². The van der Waals surface area contributed by atoms with Gasteiger partial charge in [-0.15, -0.1) is 0 Å². The van der Waals surface area contributed by atoms with Crippen molar-refractivity contribution in [3.63, 3.8) is 0 Å². The van der Waals surface area contributed by atoms with E-state index in [1.807, 2.05) is 6.08 Å². The molecule has 7 heteroatoms. The quantitative estimate of drug-likeness (QED) is 0.773. The van der Waals surface area contributed by atoms with Crippen LogP contribution in [0, 0.1) is 13.8 Å². The fraction of sp³-hybridized carbons (Fsp3) is 0.263. The number of benzene rings is 1. The maximum Gasteiger partial charge on any atom is 0.264 e. The van der Waals surface area contributed by atoms with Crippen molar-refractivity contribution in [1.82, 2.24) is 4.57 Å². The number of aryl methyl sites for hydroxylation is 1. The van der Waals surface area contributed by atoms with Crippen molar-refractivity contribution in [3.05, 3.63) is 56.9 Å². The predicted molar refractivity (Wildman–Crippen MR) is 99.5 cm³/mol. The number of primary amides is 1. The molecule has 0 atom stereocenters. The Labute approximate surface area is 150 Å². The minimum Gasteiger partial charge on any atom is -0.508 e. The molecule has 2 aromatic rings. The lowest BCUT2D eigenvalue weighted by Crippen LogP contribution is -2.30. The van der Waals surface area contributed by atoms with E-state index < -0.39 is 5.91 Å². The van der Waals surface area contributed by atoms with Gasteiger partial charge in [0.05, 0.1) is 24.5 Å². The summed E-state index contributed by atoms with van der Waals surface area (Å²) < 4.78 is 6.68. The van der Waals surface area contributed by atoms with Gasteiger partial charge in [0.25, 0.3) is 11.5 Å². The van der Waals surface area contributed by atoms with Crippen LogP contribution in [0.1, 0.15) is 33.5 Å². The molecule has 1 aromatic carbocycles. The lowest BCUT2D eigenvalue weighted by molar-refractivity contribution is 0.100. The van der Waals surface area contributed by atoms with Gasteiger partial charge in [-0.05, 0) is 43.5 Å². The number of pyridine rings is 1. The number of nitrogens with zero attached hydrogens (tertiary/aromatic N) is 1. The Hall–Kier alpha value is -3.06. The number of phenols is 1. The smallest absolute Gasteiger partial charge is 0.264 e. The molecule has 0 radical (unpaired) electrons. The highest BCUT2D eigenvalue weighted by molar-refractivity contribution is 5.98. The van der Waals surface area contributed by atoms with E-state index in [9.17, 15) is 14.7 Å². The molecule has 2 heterocycles. The Bertz CT molecular complexity index is 989. The van der Waals surface area contributed by atoms with E-state index >= 15 is 0 Å². The third kappa shape index (κ3) is 2.86. The van der Waals surface area contributed by atoms with Crippen LogP contribution in [0.3, 0.4) is 0 Å². The first-order valence-electron chi connectivity index (χ1n) is 8.25. The molecule has 0 fully saturated rings. The molecular weight excluding hydrogens is 334 g/mol. The Kier molecular flexibility index (Phi) is 4.56. The zero-order chi connectivity index (χ0) is 19.0. The normalized spacial score (nSPS) is 14.2. The molecule has 1 aliphatic heterocycles. The van der Waals surface area contributed by atoms with Crippen molar-refractivity contribution >= 4 is 17.3 Å². The lowest BCUT2D eigenvalue weighted by atomic mass is 10.0. The number of carbonyl (C=O) groups is 1. The summed E-state index contributed by atoms with van der Waals surface area (Å²) in [7, 11) is 0. The van der Waals surface area contributed by atoms with Gasteiger partial charge in [-0.25, -0.2) is 0 Å². The first kappa shape index (κ1) is 17.8. The summed E-state index contributed by atoms with van der Waals surface area (Å²) in [6, 6.07) is 4.65. The van der Waals surface area contributed by atoms with Gasteiger partial charge in [0.1, 0.15) is 11.6 Å². The van der Waals surface area contributed by atoms with Crippen LogP contribution in [0.4, 0.5) is 5.82 Å². The second-order valence-corrected chi connectivity index (χ2v) is 6.31. The number of anilines is 1. The van der Waals surface area contributed by atoms with Crippen LogP contribution in [0.25, 0.3) is 11.3 Å². The molecule has 0 unspecified atom stereocenters. The Morgan fingerprint density at radius 3 is 2.65 bits per heavy atom. The number of amides is 1. The fourth-order valence-corrected chi connectivity index (χ4v) is 3.19. The largest absolute Gasteiger partial charge is 0.508 e. The monoisotopic (exact) mass is 355 g/mol. The number of ether oxygens (including phenoxy) is 1. The van der Waals surface area contributed by atoms with Gasteiger partial charge in [-0.3, -0.25) is 14.2 Å². The number of hydrogen-bond acceptors (Lipinski definition) is 5. The lowest BCUT2D eigenvalue weighted by Gasteiger charge is -2.21. The van der Waals surface area contributed by atoms with Gasteiger partial charge < -0.3 is 21.3 Å². The van der Waals surface area contributed by atoms with Crippen LogP contribution in [0.15, 0.2) is 29.1 Å². The van der Waals surface area contributed by atoms with Gasteiger partial charge in [0.2, 0.25) is 0 Å². The third-order valence-corrected chi connectivity index (χ3v) is 4.59. The number of hydrogen-bond donors (Lipinski definition) is 3. The average molecular weight is 355 g/mol. The van der Waals surface area contributed by atoms with Crippen molar-refractivity contribution in [2.24, 2.45) is 5.73 Å². The summed E-state index contributed by atoms with van der Waals surface area (Å²) in [4.78, 5) is 25.1. The molecule has 3 rings (SSSR count). The van der Waals surface area contributed by atoms with Crippen molar-refractivity contribution < 1.29 is 14.6 Å². The summed E-state index contributed by atoms with van der Waals surface area (Å²) >= 11 is 0. The van der Waals surface area contributed by atoms with Gasteiger partial charge >= 0.3 is 0 Å². The van der Waals surface area contributed by atoms with Crippen LogP contribution in [0.2, 0.25) is 0 Å². The van der Waals surface area contributed by atoms with E-state index in [0.717, 1.165) is 5.56 Å². The van der Waals surface area contributed by atoms with E-state index in [1.54, 1.807) is 26.0 Å². The number of nitrogens with two attached hydrogens (primary N) is 2. The zero-order valence-corrected chi connectivity index (χ0v) is 14.7. The highest BCUT2D eigenvalue weighted by Crippen LogP contribution is 2.29. The molecule has 7 nitrogen and oxygen atoms in total. The van der Waals surface area contributed by atoms with E-state index in [0.29, 0.717) is 35.4 Å². The Balaban J connectivity index is 2.41. The molecule has 0 aliphatic carbocycles. The molecule has 0 bridgehead atoms. The summed E-state index contributed by atoms with van der Waals surface area (Å²) in [6.45, 7) is 4.34. The number of aromatic hydroxyl groups is 1. The first-order chi connectivity index (χ1) is 12.3. The minimum absolute atomic E-state index is 0.0307. The first-order valence-corrected chi connectivity index (χ1v) is 8.25. The van der Waals surface area contributed by atoms with Gasteiger partial charge in [-0.1, -0.05) is 12.1 Å². The van der Waals surface area contributed by atoms with E-state index in [-0.39, 0.29) is 29.3 Å². The summed E-state index contributed by atoms with van der Waals surface area (Å²) in [5.41, 5.74) is 13.9. The van der Waals surface area contributed by atoms with Gasteiger partial charge in [-0.2, -0.15) is 0 Å². The number of phenolic OH excluding ortho intramolecular Hbond substituents is 1. The number of aromatic nitrogens is 1. The number of rotatable bonds is 3. The van der Waals surface area contributed by atoms with Gasteiger partial charge in [0.15, 0.2) is 0 Å². The Morgan fingerprint density at radius 1 is 1.31 bits per heavy atom. The number of nitrogen functional groups attached to an aromatic ring is 1. The number of carbonyl (C=O) groups excluding carboxylic acids is 1. The average Bonchev–Trinajstić information content (AvgIpc) is 2.61. The second kappa shape index (κ2) is 6.68. The molecule has 0 saturated heterocycles. The zero-order valence-electron chi connectivity index (χ0n) is 14.7. The van der Waals surface area contributed by atoms with Crippen molar-refractivity contribution in [1.29, 1.82) is 0 Å². The highest BCUT2D eigenvalue weighted by Gasteiger charge is 2.22. The van der Waals surface area contributed by atoms with Gasteiger partial charge in [0, 0.05) is 11.1 Å². The topological polar surface area (TPSA) is 121 Å².